The lowest BCUT2D eigenvalue weighted by molar-refractivity contribution is 0.318. The predicted molar refractivity (Wildman–Crippen MR) is 107 cm³/mol. The summed E-state index contributed by atoms with van der Waals surface area (Å²) in [5.74, 6) is 0. The molecule has 0 amide bonds. The van der Waals surface area contributed by atoms with Crippen molar-refractivity contribution < 1.29 is 0 Å². The minimum absolute atomic E-state index is 0.311. The number of thiophene rings is 1. The highest BCUT2D eigenvalue weighted by atomic mass is 32.1. The maximum atomic E-state index is 9.60. The molecule has 0 bridgehead atoms. The first-order valence-electron chi connectivity index (χ1n) is 9.35. The lowest BCUT2D eigenvalue weighted by atomic mass is 9.75. The summed E-state index contributed by atoms with van der Waals surface area (Å²) < 4.78 is 0. The molecule has 0 aliphatic heterocycles. The molecule has 1 heterocycles. The summed E-state index contributed by atoms with van der Waals surface area (Å²) in [5, 5.41) is 9.60. The van der Waals surface area contributed by atoms with Crippen LogP contribution in [0.15, 0.2) is 24.8 Å². The Balaban J connectivity index is 1.94. The zero-order valence-corrected chi connectivity index (χ0v) is 16.1. The molecule has 0 atom stereocenters. The van der Waals surface area contributed by atoms with Gasteiger partial charge in [0.1, 0.15) is 0 Å². The zero-order chi connectivity index (χ0) is 17.6. The summed E-state index contributed by atoms with van der Waals surface area (Å²) in [4.78, 5) is 2.78. The summed E-state index contributed by atoms with van der Waals surface area (Å²) in [6, 6.07) is 9.09. The van der Waals surface area contributed by atoms with Crippen LogP contribution >= 0.6 is 11.3 Å². The van der Waals surface area contributed by atoms with Crippen molar-refractivity contribution in [3.63, 3.8) is 0 Å². The van der Waals surface area contributed by atoms with Gasteiger partial charge >= 0.3 is 0 Å². The van der Waals surface area contributed by atoms with Gasteiger partial charge in [-0.3, -0.25) is 0 Å². The van der Waals surface area contributed by atoms with Crippen LogP contribution in [-0.4, -0.2) is 0 Å². The zero-order valence-electron chi connectivity index (χ0n) is 15.2. The first-order chi connectivity index (χ1) is 12.0. The third-order valence-electron chi connectivity index (χ3n) is 5.85. The summed E-state index contributed by atoms with van der Waals surface area (Å²) in [6.45, 7) is 8.80. The largest absolute Gasteiger partial charge is 0.192 e. The molecule has 0 saturated heterocycles. The Bertz CT molecular complexity index is 892. The van der Waals surface area contributed by atoms with Crippen molar-refractivity contribution in [2.45, 2.75) is 58.8 Å². The van der Waals surface area contributed by atoms with Crippen LogP contribution in [0.4, 0.5) is 0 Å². The average Bonchev–Trinajstić information content (AvgIpc) is 2.97. The highest BCUT2D eigenvalue weighted by molar-refractivity contribution is 7.16. The number of hydrogen-bond donors (Lipinski definition) is 0. The van der Waals surface area contributed by atoms with Crippen LogP contribution < -0.4 is 0 Å². The molecule has 2 aliphatic rings. The summed E-state index contributed by atoms with van der Waals surface area (Å²) >= 11 is 1.92. The highest BCUT2D eigenvalue weighted by Crippen LogP contribution is 2.48. The number of nitrogens with zero attached hydrogens (tertiary/aromatic N) is 1. The monoisotopic (exact) mass is 347 g/mol. The van der Waals surface area contributed by atoms with Crippen molar-refractivity contribution in [2.75, 3.05) is 0 Å². The van der Waals surface area contributed by atoms with E-state index in [2.05, 4.69) is 44.7 Å². The SMILES string of the molecule is C=C(C#N)c1c(-c2cccc3c2CCCC3)sc2c1CC(C)(C)CC2. The Kier molecular flexibility index (Phi) is 4.08. The topological polar surface area (TPSA) is 23.8 Å². The summed E-state index contributed by atoms with van der Waals surface area (Å²) in [7, 11) is 0. The maximum absolute atomic E-state index is 9.60. The Morgan fingerprint density at radius 3 is 2.76 bits per heavy atom. The molecular formula is C23H25NS. The third kappa shape index (κ3) is 2.85. The lowest BCUT2D eigenvalue weighted by Crippen LogP contribution is -2.21. The van der Waals surface area contributed by atoms with Gasteiger partial charge in [0.25, 0.3) is 0 Å². The van der Waals surface area contributed by atoms with Crippen molar-refractivity contribution in [2.24, 2.45) is 5.41 Å². The number of nitriles is 1. The van der Waals surface area contributed by atoms with Crippen molar-refractivity contribution >= 4 is 16.9 Å². The van der Waals surface area contributed by atoms with Crippen molar-refractivity contribution in [3.05, 3.63) is 51.9 Å². The first-order valence-corrected chi connectivity index (χ1v) is 10.2. The Morgan fingerprint density at radius 2 is 1.96 bits per heavy atom. The van der Waals surface area contributed by atoms with E-state index in [1.54, 1.807) is 0 Å². The molecule has 4 rings (SSSR count). The molecule has 128 valence electrons. The Hall–Kier alpha value is -1.85. The third-order valence-corrected chi connectivity index (χ3v) is 7.18. The molecule has 2 aromatic rings. The Morgan fingerprint density at radius 1 is 1.16 bits per heavy atom. The highest BCUT2D eigenvalue weighted by Gasteiger charge is 2.32. The number of fused-ring (bicyclic) bond motifs is 2. The van der Waals surface area contributed by atoms with Gasteiger partial charge in [0.2, 0.25) is 0 Å². The molecule has 0 radical (unpaired) electrons. The van der Waals surface area contributed by atoms with Crippen molar-refractivity contribution in [3.8, 4) is 16.5 Å². The first kappa shape index (κ1) is 16.6. The molecule has 0 spiro atoms. The number of aryl methyl sites for hydroxylation is 2. The van der Waals surface area contributed by atoms with Crippen LogP contribution in [0, 0.1) is 16.7 Å². The molecule has 0 fully saturated rings. The molecular weight excluding hydrogens is 322 g/mol. The fraction of sp³-hybridized carbons (Fsp3) is 0.435. The van der Waals surface area contributed by atoms with Gasteiger partial charge in [0.15, 0.2) is 0 Å². The molecule has 25 heavy (non-hydrogen) atoms. The van der Waals surface area contributed by atoms with Gasteiger partial charge in [-0.2, -0.15) is 5.26 Å². The van der Waals surface area contributed by atoms with E-state index in [1.165, 1.54) is 57.7 Å². The molecule has 1 aromatic carbocycles. The van der Waals surface area contributed by atoms with E-state index in [9.17, 15) is 5.26 Å². The molecule has 2 heteroatoms. The van der Waals surface area contributed by atoms with E-state index in [-0.39, 0.29) is 0 Å². The van der Waals surface area contributed by atoms with Gasteiger partial charge < -0.3 is 0 Å². The van der Waals surface area contributed by atoms with Gasteiger partial charge in [0, 0.05) is 15.3 Å². The minimum atomic E-state index is 0.311. The van der Waals surface area contributed by atoms with Crippen LogP contribution in [0.1, 0.15) is 60.2 Å². The van der Waals surface area contributed by atoms with Gasteiger partial charge in [-0.1, -0.05) is 38.6 Å². The number of allylic oxidation sites excluding steroid dienone is 1. The maximum Gasteiger partial charge on any atom is 0.0992 e. The quantitative estimate of drug-likeness (QED) is 0.581. The lowest BCUT2D eigenvalue weighted by Gasteiger charge is -2.30. The fourth-order valence-corrected chi connectivity index (χ4v) is 5.88. The van der Waals surface area contributed by atoms with Gasteiger partial charge in [-0.15, -0.1) is 11.3 Å². The van der Waals surface area contributed by atoms with Crippen LogP contribution in [0.2, 0.25) is 0 Å². The smallest absolute Gasteiger partial charge is 0.0992 e. The van der Waals surface area contributed by atoms with E-state index in [1.807, 2.05) is 11.3 Å². The number of benzene rings is 1. The Labute approximate surface area is 155 Å². The molecule has 1 nitrogen and oxygen atoms in total. The van der Waals surface area contributed by atoms with Crippen LogP contribution in [0.5, 0.6) is 0 Å². The number of hydrogen-bond acceptors (Lipinski definition) is 2. The summed E-state index contributed by atoms with van der Waals surface area (Å²) in [6.07, 6.45) is 8.34. The predicted octanol–water partition coefficient (Wildman–Crippen LogP) is 6.35. The van der Waals surface area contributed by atoms with E-state index < -0.39 is 0 Å². The minimum Gasteiger partial charge on any atom is -0.192 e. The van der Waals surface area contributed by atoms with Crippen LogP contribution in [0.3, 0.4) is 0 Å². The molecule has 2 aliphatic carbocycles. The van der Waals surface area contributed by atoms with Crippen molar-refractivity contribution in [1.82, 2.24) is 0 Å². The molecule has 0 N–H and O–H groups in total. The van der Waals surface area contributed by atoms with Gasteiger partial charge in [-0.05, 0) is 72.6 Å². The molecule has 0 saturated carbocycles. The fourth-order valence-electron chi connectivity index (χ4n) is 4.48. The van der Waals surface area contributed by atoms with E-state index in [0.717, 1.165) is 24.8 Å². The normalized spacial score (nSPS) is 18.1. The van der Waals surface area contributed by atoms with E-state index in [0.29, 0.717) is 11.0 Å². The van der Waals surface area contributed by atoms with Gasteiger partial charge in [-0.25, -0.2) is 0 Å². The second-order valence-electron chi connectivity index (χ2n) is 8.29. The number of rotatable bonds is 2. The van der Waals surface area contributed by atoms with Crippen LogP contribution in [-0.2, 0) is 25.7 Å². The molecule has 1 aromatic heterocycles. The van der Waals surface area contributed by atoms with Crippen LogP contribution in [0.25, 0.3) is 16.0 Å². The van der Waals surface area contributed by atoms with E-state index in [4.69, 9.17) is 0 Å². The average molecular weight is 348 g/mol. The summed E-state index contributed by atoms with van der Waals surface area (Å²) in [5.41, 5.74) is 7.87. The standard InChI is InChI=1S/C23H25NS/c1-15(14-24)21-19-13-23(2,3)12-11-20(19)25-22(21)18-10-6-8-16-7-4-5-9-17(16)18/h6,8,10H,1,4-5,7,9,11-13H2,2-3H3. The second kappa shape index (κ2) is 6.15. The van der Waals surface area contributed by atoms with Gasteiger partial charge in [0.05, 0.1) is 11.6 Å². The van der Waals surface area contributed by atoms with Crippen molar-refractivity contribution in [1.29, 1.82) is 5.26 Å². The second-order valence-corrected chi connectivity index (χ2v) is 9.39. The molecule has 0 unspecified atom stereocenters. The van der Waals surface area contributed by atoms with E-state index >= 15 is 0 Å².